The van der Waals surface area contributed by atoms with Crippen LogP contribution in [0.1, 0.15) is 53.2 Å². The number of fused-ring (bicyclic) bond motifs is 1. The minimum Gasteiger partial charge on any atom is -0.507 e. The Hall–Kier alpha value is -1.94. The largest absolute Gasteiger partial charge is 0.507 e. The molecule has 1 atom stereocenters. The highest BCUT2D eigenvalue weighted by atomic mass is 16.5. The van der Waals surface area contributed by atoms with Crippen LogP contribution in [0, 0.1) is 0 Å². The molecule has 4 heteroatoms. The second-order valence-electron chi connectivity index (χ2n) is 4.54. The summed E-state index contributed by atoms with van der Waals surface area (Å²) in [6, 6.07) is 3.22. The van der Waals surface area contributed by atoms with Gasteiger partial charge in [-0.25, -0.2) is 0 Å². The number of phenolic OH excluding ortho intramolecular Hbond substituents is 1. The molecule has 1 N–H and O–H groups in total. The Bertz CT molecular complexity index is 584. The normalized spacial score (nSPS) is 16.1. The molecule has 0 aromatic heterocycles. The number of carbonyl (C=O) groups is 2. The van der Waals surface area contributed by atoms with Crippen LogP contribution in [0.5, 0.6) is 5.75 Å². The smallest absolute Gasteiger partial charge is 0.190 e. The lowest BCUT2D eigenvalue weighted by Gasteiger charge is -2.19. The molecule has 1 aliphatic rings. The molecular formula is C15H16O4. The summed E-state index contributed by atoms with van der Waals surface area (Å²) >= 11 is 0. The summed E-state index contributed by atoms with van der Waals surface area (Å²) in [5, 5.41) is 10.2. The number of phenols is 1. The quantitative estimate of drug-likeness (QED) is 0.907. The van der Waals surface area contributed by atoms with E-state index in [4.69, 9.17) is 4.74 Å². The van der Waals surface area contributed by atoms with E-state index < -0.39 is 0 Å². The van der Waals surface area contributed by atoms with Crippen molar-refractivity contribution in [1.29, 1.82) is 0 Å². The fraction of sp³-hybridized carbons (Fsp3) is 0.333. The highest BCUT2D eigenvalue weighted by molar-refractivity contribution is 6.25. The lowest BCUT2D eigenvalue weighted by Crippen LogP contribution is -2.17. The van der Waals surface area contributed by atoms with E-state index in [1.165, 1.54) is 6.08 Å². The van der Waals surface area contributed by atoms with Crippen molar-refractivity contribution < 1.29 is 19.4 Å². The number of allylic oxidation sites excluding steroid dienone is 2. The van der Waals surface area contributed by atoms with Crippen LogP contribution in [0.25, 0.3) is 0 Å². The van der Waals surface area contributed by atoms with E-state index in [-0.39, 0.29) is 34.5 Å². The van der Waals surface area contributed by atoms with Crippen LogP contribution in [0.3, 0.4) is 0 Å². The lowest BCUT2D eigenvalue weighted by atomic mass is 9.87. The first-order chi connectivity index (χ1) is 8.97. The maximum absolute atomic E-state index is 12.0. The van der Waals surface area contributed by atoms with Crippen molar-refractivity contribution >= 4 is 11.6 Å². The minimum absolute atomic E-state index is 0.0830. The van der Waals surface area contributed by atoms with E-state index in [0.29, 0.717) is 17.7 Å². The monoisotopic (exact) mass is 260 g/mol. The summed E-state index contributed by atoms with van der Waals surface area (Å²) in [6.45, 7) is 5.74. The predicted molar refractivity (Wildman–Crippen MR) is 70.6 cm³/mol. The van der Waals surface area contributed by atoms with Crippen molar-refractivity contribution in [3.8, 4) is 5.75 Å². The van der Waals surface area contributed by atoms with Gasteiger partial charge in [0.2, 0.25) is 0 Å². The molecular weight excluding hydrogens is 244 g/mol. The molecule has 2 rings (SSSR count). The first-order valence-electron chi connectivity index (χ1n) is 6.22. The summed E-state index contributed by atoms with van der Waals surface area (Å²) in [7, 11) is 0. The van der Waals surface area contributed by atoms with E-state index in [2.05, 4.69) is 0 Å². The molecule has 0 aliphatic heterocycles. The fourth-order valence-electron chi connectivity index (χ4n) is 2.26. The first-order valence-corrected chi connectivity index (χ1v) is 6.22. The molecule has 0 radical (unpaired) electrons. The third-order valence-corrected chi connectivity index (χ3v) is 3.26. The van der Waals surface area contributed by atoms with Crippen molar-refractivity contribution in [3.63, 3.8) is 0 Å². The van der Waals surface area contributed by atoms with Gasteiger partial charge in [0, 0.05) is 23.3 Å². The van der Waals surface area contributed by atoms with Gasteiger partial charge in [-0.05, 0) is 32.9 Å². The summed E-state index contributed by atoms with van der Waals surface area (Å²) in [4.78, 5) is 23.9. The SMILES string of the molecule is CCO[C@H](C)c1ccc2c(c1O)C(=O)C=C(C)C2=O. The summed E-state index contributed by atoms with van der Waals surface area (Å²) < 4.78 is 5.41. The van der Waals surface area contributed by atoms with Crippen LogP contribution in [0.4, 0.5) is 0 Å². The van der Waals surface area contributed by atoms with Gasteiger partial charge < -0.3 is 9.84 Å². The van der Waals surface area contributed by atoms with Crippen LogP contribution < -0.4 is 0 Å². The van der Waals surface area contributed by atoms with Crippen molar-refractivity contribution in [3.05, 3.63) is 40.5 Å². The number of carbonyl (C=O) groups excluding carboxylic acids is 2. The summed E-state index contributed by atoms with van der Waals surface area (Å²) in [5.74, 6) is -0.712. The minimum atomic E-state index is -0.338. The summed E-state index contributed by atoms with van der Waals surface area (Å²) in [6.07, 6.45) is 0.935. The molecule has 0 saturated carbocycles. The molecule has 0 heterocycles. The number of aromatic hydroxyl groups is 1. The van der Waals surface area contributed by atoms with Gasteiger partial charge in [0.05, 0.1) is 11.7 Å². The van der Waals surface area contributed by atoms with E-state index >= 15 is 0 Å². The van der Waals surface area contributed by atoms with E-state index in [0.717, 1.165) is 0 Å². The van der Waals surface area contributed by atoms with Gasteiger partial charge >= 0.3 is 0 Å². The van der Waals surface area contributed by atoms with Gasteiger partial charge in [-0.2, -0.15) is 0 Å². The maximum Gasteiger partial charge on any atom is 0.190 e. The van der Waals surface area contributed by atoms with Crippen molar-refractivity contribution in [2.45, 2.75) is 26.9 Å². The Kier molecular flexibility index (Phi) is 3.53. The second kappa shape index (κ2) is 4.97. The standard InChI is InChI=1S/C15H16O4/c1-4-19-9(3)10-5-6-11-13(15(10)18)12(16)7-8(2)14(11)17/h5-7,9,18H,4H2,1-3H3/t9-/m1/s1. The first kappa shape index (κ1) is 13.5. The Labute approximate surface area is 111 Å². The zero-order chi connectivity index (χ0) is 14.2. The third kappa shape index (κ3) is 2.19. The molecule has 100 valence electrons. The average molecular weight is 260 g/mol. The zero-order valence-electron chi connectivity index (χ0n) is 11.2. The number of hydrogen-bond donors (Lipinski definition) is 1. The van der Waals surface area contributed by atoms with Crippen LogP contribution in [0.2, 0.25) is 0 Å². The summed E-state index contributed by atoms with van der Waals surface area (Å²) in [5.41, 5.74) is 1.26. The van der Waals surface area contributed by atoms with Gasteiger partial charge in [0.1, 0.15) is 5.75 Å². The van der Waals surface area contributed by atoms with Crippen molar-refractivity contribution in [1.82, 2.24) is 0 Å². The van der Waals surface area contributed by atoms with Gasteiger partial charge in [0.15, 0.2) is 11.6 Å². The highest BCUT2D eigenvalue weighted by Crippen LogP contribution is 2.35. The van der Waals surface area contributed by atoms with Gasteiger partial charge in [-0.1, -0.05) is 6.07 Å². The van der Waals surface area contributed by atoms with Gasteiger partial charge in [-0.3, -0.25) is 9.59 Å². The Morgan fingerprint density at radius 2 is 2.00 bits per heavy atom. The lowest BCUT2D eigenvalue weighted by molar-refractivity contribution is 0.0743. The Balaban J connectivity index is 2.57. The molecule has 1 aromatic rings. The van der Waals surface area contributed by atoms with Crippen molar-refractivity contribution in [2.24, 2.45) is 0 Å². The van der Waals surface area contributed by atoms with Crippen molar-refractivity contribution in [2.75, 3.05) is 6.61 Å². The van der Waals surface area contributed by atoms with E-state index in [1.807, 2.05) is 6.92 Å². The number of ether oxygens (including phenoxy) is 1. The molecule has 0 spiro atoms. The van der Waals surface area contributed by atoms with Crippen LogP contribution >= 0.6 is 0 Å². The Morgan fingerprint density at radius 3 is 2.63 bits per heavy atom. The second-order valence-corrected chi connectivity index (χ2v) is 4.54. The number of benzene rings is 1. The van der Waals surface area contributed by atoms with Crippen LogP contribution in [0.15, 0.2) is 23.8 Å². The topological polar surface area (TPSA) is 63.6 Å². The molecule has 0 saturated heterocycles. The molecule has 0 unspecified atom stereocenters. The molecule has 0 fully saturated rings. The molecule has 0 amide bonds. The van der Waals surface area contributed by atoms with Crippen LogP contribution in [-0.2, 0) is 4.74 Å². The molecule has 4 nitrogen and oxygen atoms in total. The predicted octanol–water partition coefficient (Wildman–Crippen LogP) is 2.82. The highest BCUT2D eigenvalue weighted by Gasteiger charge is 2.28. The Morgan fingerprint density at radius 1 is 1.32 bits per heavy atom. The number of Topliss-reactive ketones (excluding diaryl/α,β-unsaturated/α-hetero) is 1. The zero-order valence-corrected chi connectivity index (χ0v) is 11.2. The van der Waals surface area contributed by atoms with E-state index in [9.17, 15) is 14.7 Å². The molecule has 1 aliphatic carbocycles. The number of ketones is 2. The maximum atomic E-state index is 12.0. The average Bonchev–Trinajstić information content (AvgIpc) is 2.35. The molecule has 19 heavy (non-hydrogen) atoms. The van der Waals surface area contributed by atoms with Gasteiger partial charge in [-0.15, -0.1) is 0 Å². The van der Waals surface area contributed by atoms with Crippen LogP contribution in [-0.4, -0.2) is 23.3 Å². The number of rotatable bonds is 3. The van der Waals surface area contributed by atoms with Gasteiger partial charge in [0.25, 0.3) is 0 Å². The third-order valence-electron chi connectivity index (χ3n) is 3.26. The molecule has 1 aromatic carbocycles. The molecule has 0 bridgehead atoms. The number of hydrogen-bond acceptors (Lipinski definition) is 4. The van der Waals surface area contributed by atoms with E-state index in [1.54, 1.807) is 26.0 Å². The fourth-order valence-corrected chi connectivity index (χ4v) is 2.26.